The van der Waals surface area contributed by atoms with Crippen LogP contribution in [0.3, 0.4) is 0 Å². The van der Waals surface area contributed by atoms with Crippen LogP contribution in [0, 0.1) is 0 Å². The summed E-state index contributed by atoms with van der Waals surface area (Å²) in [6.45, 7) is 1.77. The molecular weight excluding hydrogens is 230 g/mol. The number of nitrogens with one attached hydrogen (secondary N) is 1. The lowest BCUT2D eigenvalue weighted by Gasteiger charge is -2.09. The zero-order valence-corrected chi connectivity index (χ0v) is 10.0. The minimum atomic E-state index is -3.38. The third kappa shape index (κ3) is 3.30. The summed E-state index contributed by atoms with van der Waals surface area (Å²) < 4.78 is 30.1. The summed E-state index contributed by atoms with van der Waals surface area (Å²) in [4.78, 5) is 0. The zero-order chi connectivity index (χ0) is 12.2. The molecule has 1 aromatic rings. The average molecular weight is 245 g/mol. The van der Waals surface area contributed by atoms with Gasteiger partial charge in [0.15, 0.2) is 0 Å². The van der Waals surface area contributed by atoms with E-state index >= 15 is 0 Å². The van der Waals surface area contributed by atoms with Gasteiger partial charge in [0.1, 0.15) is 11.5 Å². The molecule has 6 heteroatoms. The van der Waals surface area contributed by atoms with E-state index in [4.69, 9.17) is 4.74 Å². The average Bonchev–Trinajstić information content (AvgIpc) is 2.20. The summed E-state index contributed by atoms with van der Waals surface area (Å²) in [6.07, 6.45) is 0.520. The Morgan fingerprint density at radius 3 is 2.62 bits per heavy atom. The van der Waals surface area contributed by atoms with Crippen molar-refractivity contribution in [2.24, 2.45) is 0 Å². The number of methoxy groups -OCH3 is 1. The highest BCUT2D eigenvalue weighted by atomic mass is 32.2. The number of benzene rings is 1. The fourth-order valence-corrected chi connectivity index (χ4v) is 2.36. The summed E-state index contributed by atoms with van der Waals surface area (Å²) >= 11 is 0. The molecule has 0 aliphatic carbocycles. The van der Waals surface area contributed by atoms with Crippen LogP contribution in [0.25, 0.3) is 0 Å². The number of hydrogen-bond donors (Lipinski definition) is 2. The summed E-state index contributed by atoms with van der Waals surface area (Å²) in [7, 11) is -1.91. The number of phenolic OH excluding ortho intramolecular Hbond substituents is 1. The summed E-state index contributed by atoms with van der Waals surface area (Å²) in [5.41, 5.74) is 0.161. The third-order valence-electron chi connectivity index (χ3n) is 1.94. The van der Waals surface area contributed by atoms with Crippen molar-refractivity contribution in [1.29, 1.82) is 0 Å². The molecule has 1 aromatic carbocycles. The molecule has 0 heterocycles. The summed E-state index contributed by atoms with van der Waals surface area (Å²) in [6, 6.07) is 4.38. The van der Waals surface area contributed by atoms with Crippen molar-refractivity contribution in [2.75, 3.05) is 17.6 Å². The van der Waals surface area contributed by atoms with Gasteiger partial charge in [0.2, 0.25) is 10.0 Å². The molecule has 0 unspecified atom stereocenters. The fraction of sp³-hybridized carbons (Fsp3) is 0.400. The first-order valence-electron chi connectivity index (χ1n) is 4.86. The van der Waals surface area contributed by atoms with Crippen molar-refractivity contribution < 1.29 is 18.3 Å². The quantitative estimate of drug-likeness (QED) is 0.772. The standard InChI is InChI=1S/C10H15NO4S/c1-3-6-16(13,14)11-9-5-4-8(15-2)7-10(9)12/h4-5,7,11-12H,3,6H2,1-2H3. The van der Waals surface area contributed by atoms with Gasteiger partial charge in [-0.05, 0) is 18.6 Å². The molecule has 0 aliphatic heterocycles. The molecule has 0 atom stereocenters. The molecule has 0 fully saturated rings. The molecule has 90 valence electrons. The van der Waals surface area contributed by atoms with Gasteiger partial charge < -0.3 is 9.84 Å². The van der Waals surface area contributed by atoms with Crippen LogP contribution in [0.1, 0.15) is 13.3 Å². The molecular formula is C10H15NO4S. The van der Waals surface area contributed by atoms with Gasteiger partial charge in [-0.2, -0.15) is 0 Å². The first-order chi connectivity index (χ1) is 7.48. The Balaban J connectivity index is 2.90. The highest BCUT2D eigenvalue weighted by molar-refractivity contribution is 7.92. The highest BCUT2D eigenvalue weighted by Crippen LogP contribution is 2.28. The Morgan fingerprint density at radius 1 is 1.44 bits per heavy atom. The van der Waals surface area contributed by atoms with Gasteiger partial charge in [0.25, 0.3) is 0 Å². The Morgan fingerprint density at radius 2 is 2.12 bits per heavy atom. The maximum Gasteiger partial charge on any atom is 0.232 e. The second-order valence-corrected chi connectivity index (χ2v) is 5.15. The van der Waals surface area contributed by atoms with Gasteiger partial charge in [-0.15, -0.1) is 0 Å². The van der Waals surface area contributed by atoms with Crippen LogP contribution < -0.4 is 9.46 Å². The van der Waals surface area contributed by atoms with Crippen LogP contribution in [0.5, 0.6) is 11.5 Å². The largest absolute Gasteiger partial charge is 0.506 e. The topological polar surface area (TPSA) is 75.6 Å². The lowest BCUT2D eigenvalue weighted by atomic mass is 10.3. The van der Waals surface area contributed by atoms with E-state index in [1.54, 1.807) is 13.0 Å². The predicted molar refractivity (Wildman–Crippen MR) is 62.4 cm³/mol. The SMILES string of the molecule is CCCS(=O)(=O)Nc1ccc(OC)cc1O. The van der Waals surface area contributed by atoms with E-state index in [1.807, 2.05) is 0 Å². The minimum Gasteiger partial charge on any atom is -0.506 e. The van der Waals surface area contributed by atoms with Crippen LogP contribution in [0.4, 0.5) is 5.69 Å². The molecule has 0 spiro atoms. The van der Waals surface area contributed by atoms with Gasteiger partial charge in [0, 0.05) is 6.07 Å². The lowest BCUT2D eigenvalue weighted by molar-refractivity contribution is 0.408. The number of sulfonamides is 1. The molecule has 5 nitrogen and oxygen atoms in total. The van der Waals surface area contributed by atoms with Crippen LogP contribution in [-0.2, 0) is 10.0 Å². The van der Waals surface area contributed by atoms with Gasteiger partial charge >= 0.3 is 0 Å². The Bertz CT molecular complexity index is 456. The molecule has 16 heavy (non-hydrogen) atoms. The molecule has 0 saturated heterocycles. The normalized spacial score (nSPS) is 11.1. The Hall–Kier alpha value is -1.43. The maximum absolute atomic E-state index is 11.5. The van der Waals surface area contributed by atoms with E-state index < -0.39 is 10.0 Å². The van der Waals surface area contributed by atoms with Crippen molar-refractivity contribution in [3.8, 4) is 11.5 Å². The van der Waals surface area contributed by atoms with E-state index in [0.29, 0.717) is 12.2 Å². The zero-order valence-electron chi connectivity index (χ0n) is 9.23. The highest BCUT2D eigenvalue weighted by Gasteiger charge is 2.11. The minimum absolute atomic E-state index is 0.0263. The second kappa shape index (κ2) is 5.07. The number of rotatable bonds is 5. The first kappa shape index (κ1) is 12.6. The molecule has 0 saturated carbocycles. The molecule has 0 aromatic heterocycles. The van der Waals surface area contributed by atoms with E-state index in [1.165, 1.54) is 19.2 Å². The Kier molecular flexibility index (Phi) is 4.00. The van der Waals surface area contributed by atoms with E-state index in [9.17, 15) is 13.5 Å². The molecule has 0 radical (unpaired) electrons. The third-order valence-corrected chi connectivity index (χ3v) is 3.42. The second-order valence-electron chi connectivity index (χ2n) is 3.30. The molecule has 0 aliphatic rings. The molecule has 2 N–H and O–H groups in total. The van der Waals surface area contributed by atoms with Crippen molar-refractivity contribution in [3.05, 3.63) is 18.2 Å². The number of phenols is 1. The first-order valence-corrected chi connectivity index (χ1v) is 6.51. The number of aromatic hydroxyl groups is 1. The van der Waals surface area contributed by atoms with Gasteiger partial charge in [-0.3, -0.25) is 4.72 Å². The van der Waals surface area contributed by atoms with E-state index in [2.05, 4.69) is 4.72 Å². The molecule has 0 bridgehead atoms. The van der Waals surface area contributed by atoms with Crippen molar-refractivity contribution >= 4 is 15.7 Å². The fourth-order valence-electron chi connectivity index (χ4n) is 1.21. The van der Waals surface area contributed by atoms with Crippen LogP contribution >= 0.6 is 0 Å². The van der Waals surface area contributed by atoms with Crippen molar-refractivity contribution in [1.82, 2.24) is 0 Å². The van der Waals surface area contributed by atoms with Crippen molar-refractivity contribution in [3.63, 3.8) is 0 Å². The van der Waals surface area contributed by atoms with Crippen LogP contribution in [0.15, 0.2) is 18.2 Å². The van der Waals surface area contributed by atoms with Crippen LogP contribution in [-0.4, -0.2) is 26.4 Å². The monoisotopic (exact) mass is 245 g/mol. The maximum atomic E-state index is 11.5. The lowest BCUT2D eigenvalue weighted by Crippen LogP contribution is -2.16. The number of hydrogen-bond acceptors (Lipinski definition) is 4. The smallest absolute Gasteiger partial charge is 0.232 e. The summed E-state index contributed by atoms with van der Waals surface area (Å²) in [5.74, 6) is 0.341. The van der Waals surface area contributed by atoms with Gasteiger partial charge in [-0.25, -0.2) is 8.42 Å². The summed E-state index contributed by atoms with van der Waals surface area (Å²) in [5, 5.41) is 9.55. The number of ether oxygens (including phenoxy) is 1. The molecule has 1 rings (SSSR count). The molecule has 0 amide bonds. The van der Waals surface area contributed by atoms with E-state index in [0.717, 1.165) is 0 Å². The predicted octanol–water partition coefficient (Wildman–Crippen LogP) is 1.55. The van der Waals surface area contributed by atoms with Gasteiger partial charge in [0.05, 0.1) is 18.6 Å². The number of anilines is 1. The van der Waals surface area contributed by atoms with Gasteiger partial charge in [-0.1, -0.05) is 6.92 Å². The van der Waals surface area contributed by atoms with Crippen LogP contribution in [0.2, 0.25) is 0 Å². The van der Waals surface area contributed by atoms with E-state index in [-0.39, 0.29) is 17.2 Å². The van der Waals surface area contributed by atoms with Crippen molar-refractivity contribution in [2.45, 2.75) is 13.3 Å². The Labute approximate surface area is 95.1 Å².